The van der Waals surface area contributed by atoms with Crippen LogP contribution in [0.1, 0.15) is 247 Å². The number of carbonyl (C=O) groups is 6. The number of ether oxygens (including phenoxy) is 6. The third-order valence-electron chi connectivity index (χ3n) is 16.5. The van der Waals surface area contributed by atoms with Crippen molar-refractivity contribution in [1.82, 2.24) is 0 Å². The van der Waals surface area contributed by atoms with Crippen LogP contribution in [-0.4, -0.2) is 220 Å². The average molecular weight is 2030 g/mol. The first-order valence-electron chi connectivity index (χ1n) is 43.3. The van der Waals surface area contributed by atoms with Gasteiger partial charge >= 0.3 is 81.4 Å². The van der Waals surface area contributed by atoms with Crippen LogP contribution in [0, 0.1) is 0 Å². The largest absolute Gasteiger partial charge is 0.463 e. The van der Waals surface area contributed by atoms with Crippen molar-refractivity contribution in [2.75, 3.05) is 125 Å². The molecule has 0 amide bonds. The number of rotatable bonds is 81. The fourth-order valence-corrected chi connectivity index (χ4v) is 9.92. The quantitative estimate of drug-likeness (QED) is 0.00512. The Balaban J connectivity index is -0.000000365. The van der Waals surface area contributed by atoms with E-state index in [1.165, 1.54) is 6.08 Å². The second-order valence-electron chi connectivity index (χ2n) is 29.6. The number of hydrogen-bond acceptors (Lipinski definition) is 30. The van der Waals surface area contributed by atoms with Gasteiger partial charge in [-0.1, -0.05) is 188 Å². The first kappa shape index (κ1) is 138. The summed E-state index contributed by atoms with van der Waals surface area (Å²) in [4.78, 5) is 227. The van der Waals surface area contributed by atoms with Crippen LogP contribution in [-0.2, 0) is 143 Å². The van der Waals surface area contributed by atoms with E-state index in [1.54, 1.807) is 34.6 Å². The lowest BCUT2D eigenvalue weighted by Gasteiger charge is -2.08. The summed E-state index contributed by atoms with van der Waals surface area (Å²) in [7, 11) is -25.4. The van der Waals surface area contributed by atoms with Crippen molar-refractivity contribution in [1.29, 1.82) is 0 Å². The molecule has 0 spiro atoms. The molecule has 133 heavy (non-hydrogen) atoms. The molecule has 0 bridgehead atoms. The zero-order valence-electron chi connectivity index (χ0n) is 78.4. The van der Waals surface area contributed by atoms with Crippen LogP contribution in [0.3, 0.4) is 0 Å². The predicted octanol–water partition coefficient (Wildman–Crippen LogP) is 16.4. The Labute approximate surface area is 784 Å². The van der Waals surface area contributed by atoms with Crippen molar-refractivity contribution in [3.05, 3.63) is 133 Å². The lowest BCUT2D eigenvalue weighted by atomic mass is 10.1. The van der Waals surface area contributed by atoms with E-state index >= 15 is 0 Å². The number of esters is 6. The SMILES string of the molecule is C=C(C)C(=O)OCCCCCCCCCCOOCC(=C)P(=O)(O)O.C=C(C)C(=O)OCCCCCCCCOOCC(=C)P(=O)(O)O.C=C(C)C(=O)OCCCCCCOOCC(=C)P(=O)(O)O.C=C(C)C(=O)OCCCCCCOOCCP(=O)(O)O.C=C(C)C(=O)OCCCCCOOCC(=C)P(=O)(O)O.C=CC(=O)OCCCCCCCCCCOOCC(=C)P(=O)(O)O. The van der Waals surface area contributed by atoms with Crippen molar-refractivity contribution >= 4 is 81.4 Å². The molecular weight excluding hydrogens is 1880 g/mol. The van der Waals surface area contributed by atoms with Crippen molar-refractivity contribution in [3.63, 3.8) is 0 Å². The molecule has 0 aliphatic rings. The minimum absolute atomic E-state index is 0.124. The van der Waals surface area contributed by atoms with Gasteiger partial charge in [0.15, 0.2) is 0 Å². The molecule has 48 heteroatoms. The van der Waals surface area contributed by atoms with Crippen molar-refractivity contribution in [2.24, 2.45) is 0 Å². The molecule has 0 fully saturated rings. The summed E-state index contributed by atoms with van der Waals surface area (Å²) >= 11 is 0. The fourth-order valence-electron chi connectivity index (χ4n) is 8.50. The van der Waals surface area contributed by atoms with Gasteiger partial charge in [0.25, 0.3) is 0 Å². The molecule has 0 rings (SSSR count). The third kappa shape index (κ3) is 107. The van der Waals surface area contributed by atoms with Crippen molar-refractivity contribution < 1.29 is 202 Å². The molecule has 0 aromatic rings. The van der Waals surface area contributed by atoms with E-state index in [0.717, 1.165) is 199 Å². The fraction of sp³-hybridized carbons (Fsp3) is 0.671. The Morgan fingerprint density at radius 2 is 0.346 bits per heavy atom. The number of unbranched alkanes of at least 4 members (excludes halogenated alkanes) is 27. The average Bonchev–Trinajstić information content (AvgIpc) is 0.935. The summed E-state index contributed by atoms with van der Waals surface area (Å²) in [5, 5.41) is -1.53. The molecule has 0 heterocycles. The molecule has 42 nitrogen and oxygen atoms in total. The molecule has 0 aliphatic carbocycles. The lowest BCUT2D eigenvalue weighted by Crippen LogP contribution is -2.06. The van der Waals surface area contributed by atoms with E-state index in [1.807, 2.05) is 0 Å². The Hall–Kier alpha value is -5.62. The van der Waals surface area contributed by atoms with Crippen LogP contribution < -0.4 is 0 Å². The highest BCUT2D eigenvalue weighted by molar-refractivity contribution is 7.57. The van der Waals surface area contributed by atoms with Crippen LogP contribution in [0.5, 0.6) is 0 Å². The highest BCUT2D eigenvalue weighted by atomic mass is 31.2. The molecule has 0 radical (unpaired) electrons. The zero-order valence-corrected chi connectivity index (χ0v) is 83.8. The van der Waals surface area contributed by atoms with Gasteiger partial charge in [-0.2, -0.15) is 0 Å². The molecule has 776 valence electrons. The monoisotopic (exact) mass is 2030 g/mol. The lowest BCUT2D eigenvalue weighted by molar-refractivity contribution is -0.291. The van der Waals surface area contributed by atoms with Gasteiger partial charge in [0.05, 0.1) is 119 Å². The molecule has 0 aromatic heterocycles. The molecule has 0 saturated carbocycles. The zero-order chi connectivity index (χ0) is 102. The number of hydrogen-bond donors (Lipinski definition) is 12. The maximum atomic E-state index is 11.1. The number of carbonyl (C=O) groups excluding carboxylic acids is 6. The molecule has 0 aliphatic heterocycles. The van der Waals surface area contributed by atoms with Gasteiger partial charge in [-0.3, -0.25) is 27.4 Å². The molecule has 0 aromatic carbocycles. The van der Waals surface area contributed by atoms with Gasteiger partial charge in [-0.05, 0) is 131 Å². The molecule has 0 atom stereocenters. The van der Waals surface area contributed by atoms with Crippen molar-refractivity contribution in [3.8, 4) is 0 Å². The smallest absolute Gasteiger partial charge is 0.354 e. The Bertz CT molecular complexity index is 3600. The third-order valence-corrected chi connectivity index (χ3v) is 22.0. The summed E-state index contributed by atoms with van der Waals surface area (Å²) in [5.41, 5.74) is 1.99. The maximum absolute atomic E-state index is 11.1. The topological polar surface area (TPSA) is 614 Å². The summed E-state index contributed by atoms with van der Waals surface area (Å²) in [6.45, 7) is 47.7. The maximum Gasteiger partial charge on any atom is 0.354 e. The minimum Gasteiger partial charge on any atom is -0.463 e. The normalized spacial score (nSPS) is 11.3. The molecule has 12 N–H and O–H groups in total. The molecular formula is C85H154O42P6. The van der Waals surface area contributed by atoms with Crippen LogP contribution in [0.2, 0.25) is 0 Å². The van der Waals surface area contributed by atoms with Gasteiger partial charge in [0, 0.05) is 33.9 Å². The Morgan fingerprint density at radius 1 is 0.211 bits per heavy atom. The first-order valence-corrected chi connectivity index (χ1v) is 53.2. The van der Waals surface area contributed by atoms with Crippen LogP contribution in [0.4, 0.5) is 0 Å². The standard InChI is InChI=1S/C17H31O7P.C16H29O7P.C15H27O7P.C13H23O7P.C12H21O7P.C12H23O7P/c1-15(2)17(18)22-12-10-8-6-4-5-7-9-11-13-23-24-14-16(3)25(19,20)21;1-3-16(17)21-12-10-8-6-4-5-7-9-11-13-22-23-14-15(2)24(18,19)20;1-13(2)15(16)20-10-8-6-4-5-7-9-11-21-22-12-14(3)23(17,18)19;1-11(2)13(14)18-8-6-4-5-7-9-19-20-10-12(3)21(15,16)17;1-10(2)12(13)17-7-5-4-6-8-18-19-9-11(3)20(14,15)16;1-11(2)12(13)17-7-5-3-4-6-8-18-19-9-10-20(14,15)16/h1,3-14H2,2H3,(H2,19,20,21);3H,1-2,4-14H2,(H2,18,19,20);1,3-12H2,2H3,(H2,17,18,19);1,3-10H2,2H3,(H2,15,16,17);1,3-9H2,2H3,(H2,14,15,16);1,3-10H2,2H3,(H2,14,15,16). The van der Waals surface area contributed by atoms with Crippen LogP contribution in [0.15, 0.2) is 133 Å². The van der Waals surface area contributed by atoms with E-state index in [2.05, 4.69) is 91.9 Å². The molecule has 0 saturated heterocycles. The van der Waals surface area contributed by atoms with Crippen molar-refractivity contribution in [2.45, 2.75) is 247 Å². The van der Waals surface area contributed by atoms with Crippen LogP contribution >= 0.6 is 45.6 Å². The Morgan fingerprint density at radius 3 is 0.496 bits per heavy atom. The van der Waals surface area contributed by atoms with Gasteiger partial charge in [0.1, 0.15) is 33.0 Å². The summed E-state index contributed by atoms with van der Waals surface area (Å²) < 4.78 is 93.8. The summed E-state index contributed by atoms with van der Waals surface area (Å²) in [6, 6.07) is 0. The van der Waals surface area contributed by atoms with E-state index in [-0.39, 0.29) is 109 Å². The predicted molar refractivity (Wildman–Crippen MR) is 497 cm³/mol. The second-order valence-corrected chi connectivity index (χ2v) is 40.0. The van der Waals surface area contributed by atoms with E-state index in [9.17, 15) is 56.2 Å². The molecule has 0 unspecified atom stereocenters. The van der Waals surface area contributed by atoms with Crippen LogP contribution in [0.25, 0.3) is 0 Å². The van der Waals surface area contributed by atoms with E-state index in [4.69, 9.17) is 126 Å². The van der Waals surface area contributed by atoms with Gasteiger partial charge in [-0.15, -0.1) is 0 Å². The first-order chi connectivity index (χ1) is 62.2. The summed E-state index contributed by atoms with van der Waals surface area (Å²) in [6.07, 6.45) is 31.8. The second kappa shape index (κ2) is 89.0. The Kier molecular flexibility index (Phi) is 92.4. The van der Waals surface area contributed by atoms with E-state index < -0.39 is 51.5 Å². The van der Waals surface area contributed by atoms with E-state index in [0.29, 0.717) is 113 Å². The van der Waals surface area contributed by atoms with Gasteiger partial charge < -0.3 is 87.1 Å². The summed E-state index contributed by atoms with van der Waals surface area (Å²) in [5.74, 6) is -2.18. The van der Waals surface area contributed by atoms with Gasteiger partial charge in [0.2, 0.25) is 0 Å². The minimum atomic E-state index is -4.30. The highest BCUT2D eigenvalue weighted by Gasteiger charge is 2.23. The van der Waals surface area contributed by atoms with Gasteiger partial charge in [-0.25, -0.2) is 87.4 Å². The highest BCUT2D eigenvalue weighted by Crippen LogP contribution is 2.46.